The Labute approximate surface area is 121 Å². The molecule has 2 rings (SSSR count). The van der Waals surface area contributed by atoms with Crippen LogP contribution < -0.4 is 10.1 Å². The summed E-state index contributed by atoms with van der Waals surface area (Å²) in [6, 6.07) is 14.6. The molecule has 1 N–H and O–H groups in total. The Morgan fingerprint density at radius 3 is 2.55 bits per heavy atom. The lowest BCUT2D eigenvalue weighted by molar-refractivity contribution is 0.243. The fourth-order valence-electron chi connectivity index (χ4n) is 2.15. The highest BCUT2D eigenvalue weighted by Crippen LogP contribution is 2.25. The van der Waals surface area contributed by atoms with Gasteiger partial charge in [0.1, 0.15) is 5.75 Å². The summed E-state index contributed by atoms with van der Waals surface area (Å²) in [6.07, 6.45) is 0.179. The highest BCUT2D eigenvalue weighted by molar-refractivity contribution is 5.56. The van der Waals surface area contributed by atoms with Gasteiger partial charge < -0.3 is 10.1 Å². The second kappa shape index (κ2) is 6.47. The van der Waals surface area contributed by atoms with Gasteiger partial charge in [-0.1, -0.05) is 35.9 Å². The molecule has 20 heavy (non-hydrogen) atoms. The van der Waals surface area contributed by atoms with Gasteiger partial charge in [-0.25, -0.2) is 0 Å². The number of rotatable bonds is 5. The minimum atomic E-state index is 0.179. The van der Waals surface area contributed by atoms with E-state index in [0.29, 0.717) is 0 Å². The fourth-order valence-corrected chi connectivity index (χ4v) is 2.15. The summed E-state index contributed by atoms with van der Waals surface area (Å²) in [5, 5.41) is 3.48. The SMILES string of the molecule is Cc1ccc(C)c(CNc2ccccc2OC(C)C)c1. The molecule has 2 nitrogen and oxygen atoms in total. The Morgan fingerprint density at radius 2 is 1.80 bits per heavy atom. The van der Waals surface area contributed by atoms with Gasteiger partial charge in [-0.3, -0.25) is 0 Å². The Balaban J connectivity index is 2.12. The first-order valence-electron chi connectivity index (χ1n) is 7.12. The normalized spacial score (nSPS) is 10.7. The summed E-state index contributed by atoms with van der Waals surface area (Å²) in [4.78, 5) is 0. The number of benzene rings is 2. The van der Waals surface area contributed by atoms with Crippen molar-refractivity contribution in [3.8, 4) is 5.75 Å². The smallest absolute Gasteiger partial charge is 0.142 e. The van der Waals surface area contributed by atoms with Gasteiger partial charge in [0.05, 0.1) is 11.8 Å². The molecular weight excluding hydrogens is 246 g/mol. The van der Waals surface area contributed by atoms with Crippen LogP contribution in [0.4, 0.5) is 5.69 Å². The maximum Gasteiger partial charge on any atom is 0.142 e. The van der Waals surface area contributed by atoms with Gasteiger partial charge in [0.25, 0.3) is 0 Å². The van der Waals surface area contributed by atoms with Crippen LogP contribution >= 0.6 is 0 Å². The van der Waals surface area contributed by atoms with E-state index in [1.54, 1.807) is 0 Å². The van der Waals surface area contributed by atoms with Gasteiger partial charge in [-0.2, -0.15) is 0 Å². The van der Waals surface area contributed by atoms with E-state index >= 15 is 0 Å². The molecule has 106 valence electrons. The Kier molecular flexibility index (Phi) is 4.67. The van der Waals surface area contributed by atoms with E-state index in [9.17, 15) is 0 Å². The maximum absolute atomic E-state index is 5.83. The molecule has 0 unspecified atom stereocenters. The molecule has 0 fully saturated rings. The van der Waals surface area contributed by atoms with Crippen LogP contribution in [0.1, 0.15) is 30.5 Å². The molecule has 0 atom stereocenters. The molecule has 0 aliphatic rings. The Hall–Kier alpha value is -1.96. The number of aryl methyl sites for hydroxylation is 2. The van der Waals surface area contributed by atoms with Crippen molar-refractivity contribution in [2.75, 3.05) is 5.32 Å². The van der Waals surface area contributed by atoms with E-state index in [2.05, 4.69) is 43.4 Å². The zero-order valence-electron chi connectivity index (χ0n) is 12.7. The molecule has 0 saturated heterocycles. The molecule has 0 amide bonds. The molecule has 0 radical (unpaired) electrons. The first-order chi connectivity index (χ1) is 9.56. The zero-order valence-corrected chi connectivity index (χ0v) is 12.7. The molecule has 0 aliphatic heterocycles. The number of ether oxygens (including phenoxy) is 1. The van der Waals surface area contributed by atoms with Crippen LogP contribution in [0.3, 0.4) is 0 Å². The zero-order chi connectivity index (χ0) is 14.5. The summed E-state index contributed by atoms with van der Waals surface area (Å²) in [6.45, 7) is 9.17. The van der Waals surface area contributed by atoms with Crippen molar-refractivity contribution >= 4 is 5.69 Å². The van der Waals surface area contributed by atoms with E-state index in [1.807, 2.05) is 32.0 Å². The van der Waals surface area contributed by atoms with Crippen LogP contribution in [-0.2, 0) is 6.54 Å². The van der Waals surface area contributed by atoms with Crippen LogP contribution in [0, 0.1) is 13.8 Å². The minimum absolute atomic E-state index is 0.179. The number of anilines is 1. The average molecular weight is 269 g/mol. The summed E-state index contributed by atoms with van der Waals surface area (Å²) in [5.74, 6) is 0.910. The average Bonchev–Trinajstić information content (AvgIpc) is 2.41. The summed E-state index contributed by atoms with van der Waals surface area (Å²) in [5.41, 5.74) is 4.97. The van der Waals surface area contributed by atoms with Crippen molar-refractivity contribution < 1.29 is 4.74 Å². The lowest BCUT2D eigenvalue weighted by Crippen LogP contribution is -2.09. The van der Waals surface area contributed by atoms with Crippen molar-refractivity contribution in [2.45, 2.75) is 40.3 Å². The molecule has 2 aromatic carbocycles. The predicted molar refractivity (Wildman–Crippen MR) is 85.4 cm³/mol. The molecule has 0 spiro atoms. The number of hydrogen-bond acceptors (Lipinski definition) is 2. The van der Waals surface area contributed by atoms with Crippen molar-refractivity contribution in [2.24, 2.45) is 0 Å². The molecule has 0 aliphatic carbocycles. The van der Waals surface area contributed by atoms with Gasteiger partial charge in [0.15, 0.2) is 0 Å². The molecule has 2 aromatic rings. The van der Waals surface area contributed by atoms with Crippen LogP contribution in [0.5, 0.6) is 5.75 Å². The van der Waals surface area contributed by atoms with Crippen LogP contribution in [-0.4, -0.2) is 6.10 Å². The molecule has 2 heteroatoms. The minimum Gasteiger partial charge on any atom is -0.489 e. The standard InChI is InChI=1S/C18H23NO/c1-13(2)20-18-8-6-5-7-17(18)19-12-16-11-14(3)9-10-15(16)4/h5-11,13,19H,12H2,1-4H3. The van der Waals surface area contributed by atoms with Crippen molar-refractivity contribution in [3.05, 3.63) is 59.2 Å². The third-order valence-electron chi connectivity index (χ3n) is 3.22. The lowest BCUT2D eigenvalue weighted by Gasteiger charge is -2.16. The van der Waals surface area contributed by atoms with E-state index in [4.69, 9.17) is 4.74 Å². The van der Waals surface area contributed by atoms with E-state index in [-0.39, 0.29) is 6.10 Å². The van der Waals surface area contributed by atoms with E-state index in [1.165, 1.54) is 16.7 Å². The molecule has 0 bridgehead atoms. The highest BCUT2D eigenvalue weighted by Gasteiger charge is 2.05. The maximum atomic E-state index is 5.83. The second-order valence-corrected chi connectivity index (χ2v) is 5.45. The summed E-state index contributed by atoms with van der Waals surface area (Å²) in [7, 11) is 0. The third-order valence-corrected chi connectivity index (χ3v) is 3.22. The Bertz CT molecular complexity index is 575. The van der Waals surface area contributed by atoms with Gasteiger partial charge in [-0.05, 0) is 51.0 Å². The molecular formula is C18H23NO. The first-order valence-corrected chi connectivity index (χ1v) is 7.12. The van der Waals surface area contributed by atoms with Crippen LogP contribution in [0.2, 0.25) is 0 Å². The summed E-state index contributed by atoms with van der Waals surface area (Å²) >= 11 is 0. The van der Waals surface area contributed by atoms with Gasteiger partial charge in [-0.15, -0.1) is 0 Å². The van der Waals surface area contributed by atoms with Crippen LogP contribution in [0.25, 0.3) is 0 Å². The van der Waals surface area contributed by atoms with Crippen molar-refractivity contribution in [3.63, 3.8) is 0 Å². The number of nitrogens with one attached hydrogen (secondary N) is 1. The molecule has 0 saturated carbocycles. The topological polar surface area (TPSA) is 21.3 Å². The third kappa shape index (κ3) is 3.77. The summed E-state index contributed by atoms with van der Waals surface area (Å²) < 4.78 is 5.83. The van der Waals surface area contributed by atoms with Crippen LogP contribution in [0.15, 0.2) is 42.5 Å². The first kappa shape index (κ1) is 14.4. The lowest BCUT2D eigenvalue weighted by atomic mass is 10.1. The predicted octanol–water partition coefficient (Wildman–Crippen LogP) is 4.70. The van der Waals surface area contributed by atoms with Crippen molar-refractivity contribution in [1.82, 2.24) is 0 Å². The van der Waals surface area contributed by atoms with Gasteiger partial charge in [0, 0.05) is 6.54 Å². The highest BCUT2D eigenvalue weighted by atomic mass is 16.5. The second-order valence-electron chi connectivity index (χ2n) is 5.45. The fraction of sp³-hybridized carbons (Fsp3) is 0.333. The largest absolute Gasteiger partial charge is 0.489 e. The monoisotopic (exact) mass is 269 g/mol. The van der Waals surface area contributed by atoms with Gasteiger partial charge in [0.2, 0.25) is 0 Å². The molecule has 0 aromatic heterocycles. The van der Waals surface area contributed by atoms with E-state index in [0.717, 1.165) is 18.0 Å². The molecule has 0 heterocycles. The van der Waals surface area contributed by atoms with Crippen molar-refractivity contribution in [1.29, 1.82) is 0 Å². The quantitative estimate of drug-likeness (QED) is 0.849. The van der Waals surface area contributed by atoms with Gasteiger partial charge >= 0.3 is 0 Å². The number of hydrogen-bond donors (Lipinski definition) is 1. The number of para-hydroxylation sites is 2. The Morgan fingerprint density at radius 1 is 1.05 bits per heavy atom. The van der Waals surface area contributed by atoms with E-state index < -0.39 is 0 Å².